The normalized spacial score (nSPS) is 12.3. The van der Waals surface area contributed by atoms with Gasteiger partial charge in [0.05, 0.1) is 0 Å². The Bertz CT molecular complexity index is 3250. The first-order chi connectivity index (χ1) is 33.7. The van der Waals surface area contributed by atoms with Gasteiger partial charge in [-0.25, -0.2) is 0 Å². The quantitative estimate of drug-likeness (QED) is 0.121. The molecule has 326 valence electrons. The van der Waals surface area contributed by atoms with E-state index in [0.717, 1.165) is 34.1 Å². The third-order valence-electron chi connectivity index (χ3n) is 13.3. The third kappa shape index (κ3) is 9.05. The lowest BCUT2D eigenvalue weighted by Gasteiger charge is -2.27. The standard InChI is InChI=1S/C66H52N2/c1-6-16-49(17-7-1)54-34-40-61(41-35-54)67(59-22-12-4-13-23-59)62-42-38-56(39-43-62)52-28-26-51(27-29-52)53-30-32-58(33-31-53)65-47-46-64(48-66(65)57-20-10-3-11-21-57)68(60-24-14-5-15-25-60)63-44-36-55(37-45-63)50-18-8-2-9-19-50/h2-5,8-16,18-48H,1,6-7,17H2. The Balaban J connectivity index is 0.852. The first-order valence-electron chi connectivity index (χ1n) is 23.9. The number of benzene rings is 10. The van der Waals surface area contributed by atoms with Crippen LogP contribution in [0.4, 0.5) is 34.1 Å². The zero-order valence-electron chi connectivity index (χ0n) is 38.1. The lowest BCUT2D eigenvalue weighted by Crippen LogP contribution is -2.10. The van der Waals surface area contributed by atoms with Gasteiger partial charge in [0.1, 0.15) is 0 Å². The van der Waals surface area contributed by atoms with Crippen LogP contribution in [0.15, 0.2) is 267 Å². The van der Waals surface area contributed by atoms with Crippen molar-refractivity contribution in [2.45, 2.75) is 25.7 Å². The summed E-state index contributed by atoms with van der Waals surface area (Å²) in [5, 5.41) is 0. The second kappa shape index (κ2) is 19.6. The minimum Gasteiger partial charge on any atom is -0.311 e. The van der Waals surface area contributed by atoms with Crippen molar-refractivity contribution in [1.29, 1.82) is 0 Å². The molecule has 1 aliphatic rings. The maximum Gasteiger partial charge on any atom is 0.0468 e. The molecule has 0 bridgehead atoms. The van der Waals surface area contributed by atoms with Crippen molar-refractivity contribution >= 4 is 39.7 Å². The Hall–Kier alpha value is -8.46. The van der Waals surface area contributed by atoms with Crippen molar-refractivity contribution in [3.8, 4) is 55.6 Å². The molecule has 10 aromatic carbocycles. The van der Waals surface area contributed by atoms with Crippen molar-refractivity contribution in [3.05, 3.63) is 272 Å². The number of rotatable bonds is 12. The summed E-state index contributed by atoms with van der Waals surface area (Å²) in [7, 11) is 0. The molecule has 0 aromatic heterocycles. The topological polar surface area (TPSA) is 6.48 Å². The van der Waals surface area contributed by atoms with Crippen molar-refractivity contribution in [3.63, 3.8) is 0 Å². The zero-order chi connectivity index (χ0) is 45.5. The Morgan fingerprint density at radius 1 is 0.235 bits per heavy atom. The molecular weight excluding hydrogens is 821 g/mol. The van der Waals surface area contributed by atoms with Crippen LogP contribution in [-0.2, 0) is 0 Å². The molecular formula is C66H52N2. The highest BCUT2D eigenvalue weighted by molar-refractivity contribution is 5.90. The van der Waals surface area contributed by atoms with E-state index >= 15 is 0 Å². The summed E-state index contributed by atoms with van der Waals surface area (Å²) >= 11 is 0. The smallest absolute Gasteiger partial charge is 0.0468 e. The molecule has 0 amide bonds. The summed E-state index contributed by atoms with van der Waals surface area (Å²) in [4.78, 5) is 4.69. The van der Waals surface area contributed by atoms with E-state index < -0.39 is 0 Å². The van der Waals surface area contributed by atoms with Crippen LogP contribution in [0, 0.1) is 0 Å². The predicted octanol–water partition coefficient (Wildman–Crippen LogP) is 18.9. The highest BCUT2D eigenvalue weighted by Gasteiger charge is 2.18. The average Bonchev–Trinajstić information content (AvgIpc) is 3.43. The number of nitrogens with zero attached hydrogens (tertiary/aromatic N) is 2. The molecule has 0 fully saturated rings. The Labute approximate surface area is 401 Å². The van der Waals surface area contributed by atoms with Crippen LogP contribution in [0.2, 0.25) is 0 Å². The molecule has 0 radical (unpaired) electrons. The molecule has 2 nitrogen and oxygen atoms in total. The van der Waals surface area contributed by atoms with Crippen LogP contribution in [0.1, 0.15) is 31.2 Å². The van der Waals surface area contributed by atoms with Crippen LogP contribution in [0.3, 0.4) is 0 Å². The third-order valence-corrected chi connectivity index (χ3v) is 13.3. The second-order valence-corrected chi connectivity index (χ2v) is 17.6. The van der Waals surface area contributed by atoms with Crippen LogP contribution in [0.5, 0.6) is 0 Å². The summed E-state index contributed by atoms with van der Waals surface area (Å²) in [5.41, 5.74) is 21.5. The van der Waals surface area contributed by atoms with Gasteiger partial charge in [0, 0.05) is 34.1 Å². The molecule has 0 spiro atoms. The molecule has 0 saturated heterocycles. The predicted molar refractivity (Wildman–Crippen MR) is 289 cm³/mol. The first-order valence-corrected chi connectivity index (χ1v) is 23.9. The van der Waals surface area contributed by atoms with Gasteiger partial charge in [0.25, 0.3) is 0 Å². The van der Waals surface area contributed by atoms with Crippen molar-refractivity contribution in [2.75, 3.05) is 9.80 Å². The van der Waals surface area contributed by atoms with E-state index in [9.17, 15) is 0 Å². The molecule has 0 atom stereocenters. The number of para-hydroxylation sites is 2. The maximum absolute atomic E-state index is 2.42. The highest BCUT2D eigenvalue weighted by Crippen LogP contribution is 2.42. The van der Waals surface area contributed by atoms with Crippen LogP contribution in [-0.4, -0.2) is 0 Å². The lowest BCUT2D eigenvalue weighted by atomic mass is 9.92. The maximum atomic E-state index is 2.42. The molecule has 1 aliphatic carbocycles. The monoisotopic (exact) mass is 872 g/mol. The van der Waals surface area contributed by atoms with Crippen LogP contribution in [0.25, 0.3) is 61.2 Å². The van der Waals surface area contributed by atoms with E-state index in [4.69, 9.17) is 0 Å². The molecule has 2 heteroatoms. The molecule has 0 saturated carbocycles. The van der Waals surface area contributed by atoms with Gasteiger partial charge in [0.15, 0.2) is 0 Å². The minimum absolute atomic E-state index is 1.10. The lowest BCUT2D eigenvalue weighted by molar-refractivity contribution is 0.742. The number of anilines is 6. The zero-order valence-corrected chi connectivity index (χ0v) is 38.1. The molecule has 0 N–H and O–H groups in total. The van der Waals surface area contributed by atoms with Crippen LogP contribution >= 0.6 is 0 Å². The van der Waals surface area contributed by atoms with Gasteiger partial charge in [-0.05, 0) is 165 Å². The number of hydrogen-bond acceptors (Lipinski definition) is 2. The molecule has 0 heterocycles. The van der Waals surface area contributed by atoms with E-state index in [1.807, 2.05) is 0 Å². The minimum atomic E-state index is 1.10. The Kier molecular flexibility index (Phi) is 12.1. The summed E-state index contributed by atoms with van der Waals surface area (Å²) in [5.74, 6) is 0. The summed E-state index contributed by atoms with van der Waals surface area (Å²) in [6.07, 6.45) is 7.36. The fraction of sp³-hybridized carbons (Fsp3) is 0.0606. The second-order valence-electron chi connectivity index (χ2n) is 17.6. The molecule has 10 aromatic rings. The largest absolute Gasteiger partial charge is 0.311 e. The summed E-state index contributed by atoms with van der Waals surface area (Å²) in [6.45, 7) is 0. The van der Waals surface area contributed by atoms with Gasteiger partial charge in [-0.1, -0.05) is 194 Å². The summed E-state index contributed by atoms with van der Waals surface area (Å²) in [6, 6.07) is 94.5. The van der Waals surface area contributed by atoms with Crippen molar-refractivity contribution < 1.29 is 0 Å². The van der Waals surface area contributed by atoms with Gasteiger partial charge in [0.2, 0.25) is 0 Å². The van der Waals surface area contributed by atoms with Crippen molar-refractivity contribution in [1.82, 2.24) is 0 Å². The van der Waals surface area contributed by atoms with E-state index in [1.165, 1.54) is 92.5 Å². The van der Waals surface area contributed by atoms with Gasteiger partial charge in [-0.3, -0.25) is 0 Å². The SMILES string of the molecule is C1=C(c2ccc(N(c3ccccc3)c3ccc(-c4ccc(-c5ccc(-c6ccc(N(c7ccccc7)c7ccc(-c8ccccc8)cc7)cc6-c6ccccc6)cc5)cc4)cc3)cc2)CCCC1. The molecule has 68 heavy (non-hydrogen) atoms. The van der Waals surface area contributed by atoms with E-state index in [1.54, 1.807) is 0 Å². The van der Waals surface area contributed by atoms with Gasteiger partial charge < -0.3 is 9.80 Å². The fourth-order valence-corrected chi connectivity index (χ4v) is 9.69. The number of hydrogen-bond donors (Lipinski definition) is 0. The Morgan fingerprint density at radius 3 is 1.00 bits per heavy atom. The van der Waals surface area contributed by atoms with Gasteiger partial charge >= 0.3 is 0 Å². The fourth-order valence-electron chi connectivity index (χ4n) is 9.69. The highest BCUT2D eigenvalue weighted by atomic mass is 15.1. The first kappa shape index (κ1) is 42.2. The van der Waals surface area contributed by atoms with E-state index in [0.29, 0.717) is 0 Å². The molecule has 0 unspecified atom stereocenters. The van der Waals surface area contributed by atoms with Crippen molar-refractivity contribution in [2.24, 2.45) is 0 Å². The van der Waals surface area contributed by atoms with E-state index in [2.05, 4.69) is 277 Å². The van der Waals surface area contributed by atoms with E-state index in [-0.39, 0.29) is 0 Å². The molecule has 11 rings (SSSR count). The summed E-state index contributed by atoms with van der Waals surface area (Å²) < 4.78 is 0. The Morgan fingerprint density at radius 2 is 0.559 bits per heavy atom. The molecule has 0 aliphatic heterocycles. The van der Waals surface area contributed by atoms with Crippen LogP contribution < -0.4 is 9.80 Å². The average molecular weight is 873 g/mol. The van der Waals surface area contributed by atoms with Gasteiger partial charge in [-0.15, -0.1) is 0 Å². The van der Waals surface area contributed by atoms with Gasteiger partial charge in [-0.2, -0.15) is 0 Å². The number of allylic oxidation sites excluding steroid dienone is 2.